The Morgan fingerprint density at radius 2 is 2.11 bits per heavy atom. The van der Waals surface area contributed by atoms with Crippen LogP contribution in [0.2, 0.25) is 0 Å². The van der Waals surface area contributed by atoms with Crippen molar-refractivity contribution < 1.29 is 4.74 Å². The van der Waals surface area contributed by atoms with Crippen molar-refractivity contribution in [3.8, 4) is 0 Å². The minimum Gasteiger partial charge on any atom is -0.384 e. The predicted octanol–water partition coefficient (Wildman–Crippen LogP) is 3.86. The maximum atomic E-state index is 5.11. The number of rotatable bonds is 7. The summed E-state index contributed by atoms with van der Waals surface area (Å²) in [4.78, 5) is 0. The van der Waals surface area contributed by atoms with Gasteiger partial charge in [-0.1, -0.05) is 25.0 Å². The van der Waals surface area contributed by atoms with Gasteiger partial charge in [0.05, 0.1) is 0 Å². The largest absolute Gasteiger partial charge is 0.384 e. The molecule has 0 amide bonds. The van der Waals surface area contributed by atoms with Gasteiger partial charge in [-0.05, 0) is 44.4 Å². The van der Waals surface area contributed by atoms with Crippen molar-refractivity contribution >= 4 is 5.71 Å². The summed E-state index contributed by atoms with van der Waals surface area (Å²) in [7, 11) is 5.79. The van der Waals surface area contributed by atoms with E-state index < -0.39 is 0 Å². The molecular weight excluding hydrogens is 236 g/mol. The Morgan fingerprint density at radius 1 is 1.32 bits per heavy atom. The van der Waals surface area contributed by atoms with Crippen LogP contribution in [-0.4, -0.2) is 38.5 Å². The first-order chi connectivity index (χ1) is 9.13. The molecule has 0 spiro atoms. The highest BCUT2D eigenvalue weighted by molar-refractivity contribution is 5.86. The van der Waals surface area contributed by atoms with Crippen LogP contribution in [0.25, 0.3) is 0 Å². The van der Waals surface area contributed by atoms with Gasteiger partial charge >= 0.3 is 0 Å². The monoisotopic (exact) mass is 266 g/mol. The topological polar surface area (TPSA) is 24.8 Å². The summed E-state index contributed by atoms with van der Waals surface area (Å²) in [5.74, 6) is 0.657. The molecule has 110 valence electrons. The average molecular weight is 266 g/mol. The summed E-state index contributed by atoms with van der Waals surface area (Å²) < 4.78 is 5.11. The number of hydrogen-bond acceptors (Lipinski definition) is 3. The summed E-state index contributed by atoms with van der Waals surface area (Å²) >= 11 is 0. The molecule has 19 heavy (non-hydrogen) atoms. The third kappa shape index (κ3) is 6.76. The van der Waals surface area contributed by atoms with Crippen LogP contribution in [0.4, 0.5) is 0 Å². The summed E-state index contributed by atoms with van der Waals surface area (Å²) in [5.41, 5.74) is 2.72. The van der Waals surface area contributed by atoms with E-state index in [4.69, 9.17) is 9.84 Å². The van der Waals surface area contributed by atoms with Gasteiger partial charge in [0, 0.05) is 33.5 Å². The molecule has 1 atom stereocenters. The molecule has 0 aromatic carbocycles. The van der Waals surface area contributed by atoms with Crippen molar-refractivity contribution in [2.24, 2.45) is 11.0 Å². The highest BCUT2D eigenvalue weighted by atomic mass is 16.5. The van der Waals surface area contributed by atoms with E-state index in [-0.39, 0.29) is 0 Å². The van der Waals surface area contributed by atoms with Crippen LogP contribution in [0.1, 0.15) is 51.4 Å². The normalized spacial score (nSPS) is 22.3. The van der Waals surface area contributed by atoms with Crippen molar-refractivity contribution in [1.29, 1.82) is 0 Å². The Bertz CT molecular complexity index is 297. The zero-order valence-corrected chi connectivity index (χ0v) is 13.0. The first kappa shape index (κ1) is 16.2. The first-order valence-corrected chi connectivity index (χ1v) is 7.53. The lowest BCUT2D eigenvalue weighted by atomic mass is 9.91. The number of hydrogen-bond donors (Lipinski definition) is 0. The van der Waals surface area contributed by atoms with Crippen molar-refractivity contribution in [2.75, 3.05) is 27.8 Å². The molecule has 3 nitrogen and oxygen atoms in total. The first-order valence-electron chi connectivity index (χ1n) is 7.53. The fourth-order valence-corrected chi connectivity index (χ4v) is 2.69. The highest BCUT2D eigenvalue weighted by Gasteiger charge is 2.19. The third-order valence-corrected chi connectivity index (χ3v) is 3.79. The van der Waals surface area contributed by atoms with E-state index in [9.17, 15) is 0 Å². The fourth-order valence-electron chi connectivity index (χ4n) is 2.69. The summed E-state index contributed by atoms with van der Waals surface area (Å²) in [6.45, 7) is 4.95. The molecule has 3 heteroatoms. The minimum atomic E-state index is 0.657. The molecule has 1 fully saturated rings. The Labute approximate surface area is 118 Å². The standard InChI is InChI=1S/C16H30N2O/c1-14(12-13-19-4)10-11-15-8-6-5-7-9-16(15)17-18(2)3/h15H,1,5-13H2,2-4H3. The van der Waals surface area contributed by atoms with Gasteiger partial charge in [-0.25, -0.2) is 0 Å². The van der Waals surface area contributed by atoms with Gasteiger partial charge in [-0.15, -0.1) is 0 Å². The predicted molar refractivity (Wildman–Crippen MR) is 82.6 cm³/mol. The molecule has 0 radical (unpaired) electrons. The molecule has 1 rings (SSSR count). The maximum absolute atomic E-state index is 5.11. The van der Waals surface area contributed by atoms with E-state index in [2.05, 4.69) is 6.58 Å². The summed E-state index contributed by atoms with van der Waals surface area (Å²) in [5, 5.41) is 6.67. The van der Waals surface area contributed by atoms with Crippen molar-refractivity contribution in [1.82, 2.24) is 5.01 Å². The van der Waals surface area contributed by atoms with E-state index in [1.807, 2.05) is 19.1 Å². The molecule has 0 aliphatic heterocycles. The Balaban J connectivity index is 2.49. The van der Waals surface area contributed by atoms with E-state index in [0.29, 0.717) is 5.92 Å². The molecular formula is C16H30N2O. The van der Waals surface area contributed by atoms with Crippen LogP contribution in [0.15, 0.2) is 17.3 Å². The van der Waals surface area contributed by atoms with Crippen molar-refractivity contribution in [3.63, 3.8) is 0 Å². The van der Waals surface area contributed by atoms with Gasteiger partial charge in [0.15, 0.2) is 0 Å². The smallest absolute Gasteiger partial charge is 0.0499 e. The SMILES string of the molecule is C=C(CCOC)CCC1CCCCCC1=NN(C)C. The minimum absolute atomic E-state index is 0.657. The van der Waals surface area contributed by atoms with Gasteiger partial charge in [0.2, 0.25) is 0 Å². The molecule has 0 aromatic heterocycles. The lowest BCUT2D eigenvalue weighted by molar-refractivity contribution is 0.201. The van der Waals surface area contributed by atoms with Gasteiger partial charge in [0.25, 0.3) is 0 Å². The second kappa shape index (κ2) is 9.13. The Morgan fingerprint density at radius 3 is 2.79 bits per heavy atom. The number of ether oxygens (including phenoxy) is 1. The fraction of sp³-hybridized carbons (Fsp3) is 0.812. The second-order valence-corrected chi connectivity index (χ2v) is 5.77. The van der Waals surface area contributed by atoms with Crippen molar-refractivity contribution in [2.45, 2.75) is 51.4 Å². The summed E-state index contributed by atoms with van der Waals surface area (Å²) in [6, 6.07) is 0. The lowest BCUT2D eigenvalue weighted by Gasteiger charge is -2.19. The van der Waals surface area contributed by atoms with Crippen LogP contribution in [0.3, 0.4) is 0 Å². The van der Waals surface area contributed by atoms with Gasteiger partial charge in [0.1, 0.15) is 0 Å². The van der Waals surface area contributed by atoms with E-state index in [0.717, 1.165) is 19.4 Å². The van der Waals surface area contributed by atoms with Crippen LogP contribution >= 0.6 is 0 Å². The van der Waals surface area contributed by atoms with Gasteiger partial charge < -0.3 is 9.75 Å². The number of nitrogens with zero attached hydrogens (tertiary/aromatic N) is 2. The van der Waals surface area contributed by atoms with E-state index in [1.165, 1.54) is 49.8 Å². The lowest BCUT2D eigenvalue weighted by Crippen LogP contribution is -2.17. The molecule has 0 bridgehead atoms. The maximum Gasteiger partial charge on any atom is 0.0499 e. The zero-order valence-electron chi connectivity index (χ0n) is 13.0. The van der Waals surface area contributed by atoms with Crippen molar-refractivity contribution in [3.05, 3.63) is 12.2 Å². The molecule has 0 saturated heterocycles. The van der Waals surface area contributed by atoms with Gasteiger partial charge in [-0.2, -0.15) is 5.10 Å². The second-order valence-electron chi connectivity index (χ2n) is 5.77. The molecule has 0 N–H and O–H groups in total. The molecule has 1 aliphatic rings. The number of methoxy groups -OCH3 is 1. The molecule has 1 unspecified atom stereocenters. The zero-order chi connectivity index (χ0) is 14.1. The van der Waals surface area contributed by atoms with Crippen LogP contribution in [-0.2, 0) is 4.74 Å². The van der Waals surface area contributed by atoms with Crippen LogP contribution in [0, 0.1) is 5.92 Å². The van der Waals surface area contributed by atoms with Crippen LogP contribution < -0.4 is 0 Å². The van der Waals surface area contributed by atoms with E-state index in [1.54, 1.807) is 7.11 Å². The highest BCUT2D eigenvalue weighted by Crippen LogP contribution is 2.26. The quantitative estimate of drug-likeness (QED) is 0.397. The third-order valence-electron chi connectivity index (χ3n) is 3.79. The van der Waals surface area contributed by atoms with Gasteiger partial charge in [-0.3, -0.25) is 0 Å². The molecule has 1 aliphatic carbocycles. The summed E-state index contributed by atoms with van der Waals surface area (Å²) in [6.07, 6.45) is 9.78. The molecule has 1 saturated carbocycles. The average Bonchev–Trinajstić information content (AvgIpc) is 2.58. The van der Waals surface area contributed by atoms with E-state index >= 15 is 0 Å². The Hall–Kier alpha value is -0.830. The number of hydrazone groups is 1. The molecule has 0 heterocycles. The molecule has 0 aromatic rings. The Kier molecular flexibility index (Phi) is 7.80. The van der Waals surface area contributed by atoms with Crippen LogP contribution in [0.5, 0.6) is 0 Å².